The van der Waals surface area contributed by atoms with Crippen molar-refractivity contribution in [1.29, 1.82) is 0 Å². The number of nitrogens with one attached hydrogen (secondary N) is 1. The van der Waals surface area contributed by atoms with E-state index < -0.39 is 6.04 Å². The molecule has 5 heterocycles. The van der Waals surface area contributed by atoms with Gasteiger partial charge < -0.3 is 24.2 Å². The van der Waals surface area contributed by atoms with Crippen LogP contribution < -0.4 is 24.6 Å². The maximum Gasteiger partial charge on any atom is 0.255 e. The summed E-state index contributed by atoms with van der Waals surface area (Å²) in [4.78, 5) is 46.0. The van der Waals surface area contributed by atoms with E-state index in [1.807, 2.05) is 48.5 Å². The van der Waals surface area contributed by atoms with Crippen molar-refractivity contribution in [2.45, 2.75) is 50.1 Å². The first-order valence-electron chi connectivity index (χ1n) is 20.0. The Balaban J connectivity index is 0.798. The highest BCUT2D eigenvalue weighted by Crippen LogP contribution is 2.47. The van der Waals surface area contributed by atoms with E-state index in [9.17, 15) is 14.4 Å². The molecule has 0 aromatic heterocycles. The van der Waals surface area contributed by atoms with Crippen LogP contribution in [-0.4, -0.2) is 93.1 Å². The minimum atomic E-state index is -0.606. The molecule has 9 rings (SSSR count). The van der Waals surface area contributed by atoms with Crippen molar-refractivity contribution in [2.24, 2.45) is 5.92 Å². The first-order valence-corrected chi connectivity index (χ1v) is 20.0. The molecule has 3 amide bonds. The summed E-state index contributed by atoms with van der Waals surface area (Å²) in [6.07, 6.45) is 2.66. The van der Waals surface area contributed by atoms with Crippen molar-refractivity contribution in [3.8, 4) is 11.5 Å². The summed E-state index contributed by atoms with van der Waals surface area (Å²) in [6, 6.07) is 27.5. The molecular weight excluding hydrogens is 710 g/mol. The largest absolute Gasteiger partial charge is 0.497 e. The van der Waals surface area contributed by atoms with Crippen molar-refractivity contribution in [2.75, 3.05) is 69.3 Å². The van der Waals surface area contributed by atoms with Gasteiger partial charge in [0.05, 0.1) is 19.4 Å². The molecule has 0 saturated carbocycles. The van der Waals surface area contributed by atoms with Crippen molar-refractivity contribution in [1.82, 2.24) is 15.1 Å². The molecule has 10 nitrogen and oxygen atoms in total. The van der Waals surface area contributed by atoms with Crippen LogP contribution in [0.15, 0.2) is 84.9 Å². The molecule has 4 aromatic rings. The lowest BCUT2D eigenvalue weighted by Gasteiger charge is -2.40. The van der Waals surface area contributed by atoms with Crippen LogP contribution in [0.4, 0.5) is 15.8 Å². The minimum absolute atomic E-state index is 0.0518. The average molecular weight is 758 g/mol. The number of hydrogen-bond acceptors (Lipinski definition) is 8. The Hall–Kier alpha value is -5.42. The summed E-state index contributed by atoms with van der Waals surface area (Å²) in [6.45, 7) is 7.31. The van der Waals surface area contributed by atoms with Crippen LogP contribution in [0.1, 0.15) is 70.1 Å². The first-order chi connectivity index (χ1) is 27.3. The summed E-state index contributed by atoms with van der Waals surface area (Å²) in [5.74, 6) is 1.11. The van der Waals surface area contributed by atoms with Crippen molar-refractivity contribution in [3.63, 3.8) is 0 Å². The van der Waals surface area contributed by atoms with Gasteiger partial charge in [0, 0.05) is 93.5 Å². The van der Waals surface area contributed by atoms with Crippen LogP contribution in [0.5, 0.6) is 11.5 Å². The SMILES string of the molecule is COc1ccc2c(c1)OCC(c1ccccc1)[C@@H]2c1ccc(N2CCC(CN3CCN(c4ccc5c(c4)CN([C@H]4CCC(=O)NC4=O)C5=O)CC3)CC2)c(F)c1. The molecule has 11 heteroatoms. The van der Waals surface area contributed by atoms with Gasteiger partial charge in [0.1, 0.15) is 23.4 Å². The minimum Gasteiger partial charge on any atom is -0.497 e. The molecule has 56 heavy (non-hydrogen) atoms. The third-order valence-corrected chi connectivity index (χ3v) is 12.7. The Morgan fingerprint density at radius 3 is 2.38 bits per heavy atom. The van der Waals surface area contributed by atoms with E-state index in [1.165, 1.54) is 5.56 Å². The fraction of sp³-hybridized carbons (Fsp3) is 0.400. The summed E-state index contributed by atoms with van der Waals surface area (Å²) in [5, 5.41) is 2.38. The summed E-state index contributed by atoms with van der Waals surface area (Å²) < 4.78 is 27.9. The number of hydrogen-bond donors (Lipinski definition) is 1. The fourth-order valence-corrected chi connectivity index (χ4v) is 9.56. The molecule has 3 fully saturated rings. The third-order valence-electron chi connectivity index (χ3n) is 12.7. The van der Waals surface area contributed by atoms with Gasteiger partial charge in [0.25, 0.3) is 5.91 Å². The molecular formula is C45H48FN5O5. The number of benzene rings is 4. The van der Waals surface area contributed by atoms with Crippen LogP contribution in [0.3, 0.4) is 0 Å². The zero-order valence-corrected chi connectivity index (χ0v) is 31.8. The van der Waals surface area contributed by atoms with Gasteiger partial charge in [-0.15, -0.1) is 0 Å². The number of halogens is 1. The highest BCUT2D eigenvalue weighted by molar-refractivity contribution is 6.05. The highest BCUT2D eigenvalue weighted by Gasteiger charge is 2.40. The highest BCUT2D eigenvalue weighted by atomic mass is 19.1. The lowest BCUT2D eigenvalue weighted by Crippen LogP contribution is -2.52. The van der Waals surface area contributed by atoms with Crippen molar-refractivity contribution < 1.29 is 28.2 Å². The molecule has 5 aliphatic rings. The number of amides is 3. The number of fused-ring (bicyclic) bond motifs is 2. The predicted octanol–water partition coefficient (Wildman–Crippen LogP) is 5.94. The monoisotopic (exact) mass is 757 g/mol. The molecule has 0 bridgehead atoms. The Morgan fingerprint density at radius 2 is 1.62 bits per heavy atom. The van der Waals surface area contributed by atoms with E-state index in [4.69, 9.17) is 9.47 Å². The lowest BCUT2D eigenvalue weighted by atomic mass is 9.76. The second-order valence-corrected chi connectivity index (χ2v) is 15.9. The molecule has 3 atom stereocenters. The molecule has 3 saturated heterocycles. The van der Waals surface area contributed by atoms with Crippen LogP contribution in [0.25, 0.3) is 0 Å². The predicted molar refractivity (Wildman–Crippen MR) is 212 cm³/mol. The number of imide groups is 1. The molecule has 290 valence electrons. The average Bonchev–Trinajstić information content (AvgIpc) is 3.55. The van der Waals surface area contributed by atoms with Gasteiger partial charge in [-0.1, -0.05) is 42.5 Å². The summed E-state index contributed by atoms with van der Waals surface area (Å²) >= 11 is 0. The maximum absolute atomic E-state index is 16.1. The van der Waals surface area contributed by atoms with Gasteiger partial charge in [-0.2, -0.15) is 0 Å². The van der Waals surface area contributed by atoms with Crippen LogP contribution in [0, 0.1) is 11.7 Å². The molecule has 0 spiro atoms. The van der Waals surface area contributed by atoms with E-state index in [1.54, 1.807) is 18.1 Å². The lowest BCUT2D eigenvalue weighted by molar-refractivity contribution is -0.136. The molecule has 1 unspecified atom stereocenters. The van der Waals surface area contributed by atoms with Gasteiger partial charge in [-0.05, 0) is 78.3 Å². The number of anilines is 2. The number of methoxy groups -OCH3 is 1. The Labute approximate surface area is 327 Å². The standard InChI is InChI=1S/C45H48FN5O5/c1-55-34-9-11-36-41(25-34)56-28-37(30-5-3-2-4-6-30)43(36)31-7-12-39(38(46)24-31)50-17-15-29(16-18-50)26-48-19-21-49(22-20-48)33-8-10-35-32(23-33)27-51(45(35)54)40-13-14-42(52)47-44(40)53/h2-12,23-25,29,37,40,43H,13-22,26-28H2,1H3,(H,47,52,53)/t37?,40-,43+/m0/s1. The Bertz CT molecular complexity index is 2130. The smallest absolute Gasteiger partial charge is 0.255 e. The normalized spacial score (nSPS) is 23.1. The number of carbonyl (C=O) groups is 3. The van der Waals surface area contributed by atoms with E-state index in [0.29, 0.717) is 36.7 Å². The second kappa shape index (κ2) is 15.3. The van der Waals surface area contributed by atoms with E-state index in [0.717, 1.165) is 92.5 Å². The number of rotatable bonds is 8. The van der Waals surface area contributed by atoms with Crippen LogP contribution in [0.2, 0.25) is 0 Å². The van der Waals surface area contributed by atoms with E-state index in [-0.39, 0.29) is 41.8 Å². The number of carbonyl (C=O) groups excluding carboxylic acids is 3. The zero-order chi connectivity index (χ0) is 38.3. The van der Waals surface area contributed by atoms with Crippen molar-refractivity contribution >= 4 is 29.1 Å². The van der Waals surface area contributed by atoms with E-state index in [2.05, 4.69) is 50.3 Å². The van der Waals surface area contributed by atoms with Crippen LogP contribution in [-0.2, 0) is 16.1 Å². The number of ether oxygens (including phenoxy) is 2. The van der Waals surface area contributed by atoms with Gasteiger partial charge in [-0.3, -0.25) is 24.6 Å². The zero-order valence-electron chi connectivity index (χ0n) is 31.8. The fourth-order valence-electron chi connectivity index (χ4n) is 9.56. The van der Waals surface area contributed by atoms with Crippen molar-refractivity contribution in [3.05, 3.63) is 119 Å². The topological polar surface area (TPSA) is 94.7 Å². The number of piperidine rings is 2. The maximum atomic E-state index is 16.1. The molecule has 5 aliphatic heterocycles. The Morgan fingerprint density at radius 1 is 0.821 bits per heavy atom. The number of nitrogens with zero attached hydrogens (tertiary/aromatic N) is 4. The summed E-state index contributed by atoms with van der Waals surface area (Å²) in [5.41, 5.74) is 6.52. The summed E-state index contributed by atoms with van der Waals surface area (Å²) in [7, 11) is 1.65. The quantitative estimate of drug-likeness (QED) is 0.221. The van der Waals surface area contributed by atoms with Gasteiger partial charge in [-0.25, -0.2) is 4.39 Å². The molecule has 4 aromatic carbocycles. The second-order valence-electron chi connectivity index (χ2n) is 15.9. The number of piperazine rings is 1. The van der Waals surface area contributed by atoms with Crippen LogP contribution >= 0.6 is 0 Å². The molecule has 1 N–H and O–H groups in total. The first kappa shape index (κ1) is 36.2. The van der Waals surface area contributed by atoms with Gasteiger partial charge in [0.15, 0.2) is 0 Å². The van der Waals surface area contributed by atoms with Gasteiger partial charge >= 0.3 is 0 Å². The molecule has 0 radical (unpaired) electrons. The van der Waals surface area contributed by atoms with E-state index >= 15 is 4.39 Å². The Kier molecular flexibility index (Phi) is 9.87. The third kappa shape index (κ3) is 6.97. The van der Waals surface area contributed by atoms with Gasteiger partial charge in [0.2, 0.25) is 11.8 Å². The molecule has 0 aliphatic carbocycles.